The number of nitrogens with zero attached hydrogens (tertiary/aromatic N) is 1. The summed E-state index contributed by atoms with van der Waals surface area (Å²) in [5, 5.41) is 9.85. The van der Waals surface area contributed by atoms with Crippen molar-refractivity contribution in [2.75, 3.05) is 18.0 Å². The van der Waals surface area contributed by atoms with E-state index in [1.54, 1.807) is 6.07 Å². The van der Waals surface area contributed by atoms with Gasteiger partial charge in [-0.3, -0.25) is 0 Å². The van der Waals surface area contributed by atoms with Crippen LogP contribution in [0.4, 0.5) is 5.69 Å². The number of carboxylic acid groups (broad SMARTS) is 1. The molecule has 0 aromatic heterocycles. The van der Waals surface area contributed by atoms with E-state index < -0.39 is 5.97 Å². The van der Waals surface area contributed by atoms with Gasteiger partial charge in [0, 0.05) is 18.1 Å². The van der Waals surface area contributed by atoms with Crippen LogP contribution in [-0.4, -0.2) is 24.2 Å². The van der Waals surface area contributed by atoms with Crippen molar-refractivity contribution >= 4 is 34.9 Å². The third kappa shape index (κ3) is 1.97. The maximum atomic E-state index is 11.1. The summed E-state index contributed by atoms with van der Waals surface area (Å²) in [6.45, 7) is 3.78. The monoisotopic (exact) mass is 259 g/mol. The molecule has 1 aromatic carbocycles. The Kier molecular flexibility index (Phi) is 3.00. The van der Waals surface area contributed by atoms with Crippen molar-refractivity contribution in [2.45, 2.75) is 6.92 Å². The second-order valence-corrected chi connectivity index (χ2v) is 4.94. The van der Waals surface area contributed by atoms with Gasteiger partial charge < -0.3 is 10.0 Å². The average molecular weight is 260 g/mol. The second-order valence-electron chi connectivity index (χ2n) is 4.10. The number of rotatable bonds is 2. The minimum Gasteiger partial charge on any atom is -0.478 e. The Morgan fingerprint density at radius 1 is 1.44 bits per heavy atom. The standard InChI is InChI=1S/C11H11Cl2NO2/c1-6-4-14(5-6)10-8(11(15)16)2-7(12)3-9(10)13/h2-3,6H,4-5H2,1H3,(H,15,16). The highest BCUT2D eigenvalue weighted by atomic mass is 35.5. The fourth-order valence-electron chi connectivity index (χ4n) is 1.93. The quantitative estimate of drug-likeness (QED) is 0.887. The van der Waals surface area contributed by atoms with Gasteiger partial charge in [-0.1, -0.05) is 30.1 Å². The van der Waals surface area contributed by atoms with E-state index in [-0.39, 0.29) is 5.56 Å². The highest BCUT2D eigenvalue weighted by molar-refractivity contribution is 6.37. The Balaban J connectivity index is 2.45. The molecule has 0 spiro atoms. The first-order valence-electron chi connectivity index (χ1n) is 4.96. The van der Waals surface area contributed by atoms with Crippen molar-refractivity contribution in [3.05, 3.63) is 27.7 Å². The summed E-state index contributed by atoms with van der Waals surface area (Å²) in [6, 6.07) is 3.02. The molecule has 1 aliphatic heterocycles. The topological polar surface area (TPSA) is 40.5 Å². The van der Waals surface area contributed by atoms with Crippen molar-refractivity contribution < 1.29 is 9.90 Å². The molecule has 0 radical (unpaired) electrons. The maximum absolute atomic E-state index is 11.1. The molecule has 1 saturated heterocycles. The molecule has 0 atom stereocenters. The number of hydrogen-bond acceptors (Lipinski definition) is 2. The lowest BCUT2D eigenvalue weighted by Crippen LogP contribution is -2.46. The van der Waals surface area contributed by atoms with Gasteiger partial charge in [-0.15, -0.1) is 0 Å². The predicted octanol–water partition coefficient (Wildman–Crippen LogP) is 3.15. The summed E-state index contributed by atoms with van der Waals surface area (Å²) in [4.78, 5) is 13.1. The molecule has 1 fully saturated rings. The molecule has 1 aliphatic rings. The molecule has 86 valence electrons. The molecular weight excluding hydrogens is 249 g/mol. The largest absolute Gasteiger partial charge is 0.478 e. The van der Waals surface area contributed by atoms with Crippen LogP contribution in [0.5, 0.6) is 0 Å². The van der Waals surface area contributed by atoms with Crippen LogP contribution in [0.3, 0.4) is 0 Å². The van der Waals surface area contributed by atoms with Crippen LogP contribution < -0.4 is 4.90 Å². The van der Waals surface area contributed by atoms with Crippen molar-refractivity contribution in [1.82, 2.24) is 0 Å². The van der Waals surface area contributed by atoms with Gasteiger partial charge in [0.2, 0.25) is 0 Å². The summed E-state index contributed by atoms with van der Waals surface area (Å²) in [6.07, 6.45) is 0. The third-order valence-corrected chi connectivity index (χ3v) is 3.15. The molecule has 3 nitrogen and oxygen atoms in total. The van der Waals surface area contributed by atoms with E-state index in [4.69, 9.17) is 28.3 Å². The number of halogens is 2. The minimum atomic E-state index is -1.00. The zero-order valence-corrected chi connectivity index (χ0v) is 10.2. The summed E-state index contributed by atoms with van der Waals surface area (Å²) in [5.41, 5.74) is 0.751. The minimum absolute atomic E-state index is 0.171. The lowest BCUT2D eigenvalue weighted by molar-refractivity contribution is 0.0697. The molecule has 0 unspecified atom stereocenters. The first kappa shape index (κ1) is 11.6. The first-order valence-corrected chi connectivity index (χ1v) is 5.72. The number of carboxylic acids is 1. The Labute approximate surface area is 104 Å². The number of carbonyl (C=O) groups is 1. The molecule has 0 bridgehead atoms. The molecular formula is C11H11Cl2NO2. The van der Waals surface area contributed by atoms with Gasteiger partial charge in [-0.2, -0.15) is 0 Å². The van der Waals surface area contributed by atoms with E-state index >= 15 is 0 Å². The number of benzene rings is 1. The van der Waals surface area contributed by atoms with E-state index in [1.165, 1.54) is 6.07 Å². The molecule has 0 saturated carbocycles. The van der Waals surface area contributed by atoms with Crippen molar-refractivity contribution in [3.8, 4) is 0 Å². The maximum Gasteiger partial charge on any atom is 0.337 e. The first-order chi connectivity index (χ1) is 7.49. The molecule has 0 amide bonds. The molecule has 1 heterocycles. The smallest absolute Gasteiger partial charge is 0.337 e. The van der Waals surface area contributed by atoms with E-state index in [2.05, 4.69) is 6.92 Å². The van der Waals surface area contributed by atoms with Crippen LogP contribution in [0.2, 0.25) is 10.0 Å². The van der Waals surface area contributed by atoms with Gasteiger partial charge in [-0.05, 0) is 18.1 Å². The van der Waals surface area contributed by atoms with Crippen LogP contribution in [0.1, 0.15) is 17.3 Å². The van der Waals surface area contributed by atoms with Gasteiger partial charge >= 0.3 is 5.97 Å². The fraction of sp³-hybridized carbons (Fsp3) is 0.364. The number of aromatic carboxylic acids is 1. The van der Waals surface area contributed by atoms with Crippen LogP contribution in [0.15, 0.2) is 12.1 Å². The lowest BCUT2D eigenvalue weighted by atomic mass is 10.00. The van der Waals surface area contributed by atoms with Crippen molar-refractivity contribution in [1.29, 1.82) is 0 Å². The molecule has 0 aliphatic carbocycles. The average Bonchev–Trinajstić information content (AvgIpc) is 2.12. The van der Waals surface area contributed by atoms with Gasteiger partial charge in [0.1, 0.15) is 0 Å². The zero-order chi connectivity index (χ0) is 11.9. The highest BCUT2D eigenvalue weighted by Crippen LogP contribution is 2.36. The van der Waals surface area contributed by atoms with Gasteiger partial charge in [0.25, 0.3) is 0 Å². The van der Waals surface area contributed by atoms with Crippen LogP contribution in [-0.2, 0) is 0 Å². The van der Waals surface area contributed by atoms with Crippen molar-refractivity contribution in [2.24, 2.45) is 5.92 Å². The highest BCUT2D eigenvalue weighted by Gasteiger charge is 2.28. The van der Waals surface area contributed by atoms with E-state index in [9.17, 15) is 4.79 Å². The second kappa shape index (κ2) is 4.15. The Morgan fingerprint density at radius 2 is 2.06 bits per heavy atom. The molecule has 16 heavy (non-hydrogen) atoms. The molecule has 1 N–H and O–H groups in total. The zero-order valence-electron chi connectivity index (χ0n) is 8.70. The normalized spacial score (nSPS) is 16.1. The fourth-order valence-corrected chi connectivity index (χ4v) is 2.54. The summed E-state index contributed by atoms with van der Waals surface area (Å²) in [7, 11) is 0. The Hall–Kier alpha value is -0.930. The number of anilines is 1. The Bertz CT molecular complexity index is 442. The summed E-state index contributed by atoms with van der Waals surface area (Å²) in [5.74, 6) is -0.424. The SMILES string of the molecule is CC1CN(c2c(Cl)cc(Cl)cc2C(=O)O)C1. The van der Waals surface area contributed by atoms with E-state index in [1.807, 2.05) is 4.90 Å². The molecule has 5 heteroatoms. The van der Waals surface area contributed by atoms with Gasteiger partial charge in [0.05, 0.1) is 16.3 Å². The molecule has 1 aromatic rings. The summed E-state index contributed by atoms with van der Waals surface area (Å²) < 4.78 is 0. The third-order valence-electron chi connectivity index (χ3n) is 2.64. The Morgan fingerprint density at radius 3 is 2.56 bits per heavy atom. The van der Waals surface area contributed by atoms with Crippen LogP contribution in [0.25, 0.3) is 0 Å². The van der Waals surface area contributed by atoms with Gasteiger partial charge in [-0.25, -0.2) is 4.79 Å². The van der Waals surface area contributed by atoms with Gasteiger partial charge in [0.15, 0.2) is 0 Å². The van der Waals surface area contributed by atoms with E-state index in [0.29, 0.717) is 21.7 Å². The van der Waals surface area contributed by atoms with Crippen molar-refractivity contribution in [3.63, 3.8) is 0 Å². The number of hydrogen-bond donors (Lipinski definition) is 1. The predicted molar refractivity (Wildman–Crippen MR) is 64.8 cm³/mol. The lowest BCUT2D eigenvalue weighted by Gasteiger charge is -2.40. The van der Waals surface area contributed by atoms with Crippen LogP contribution >= 0.6 is 23.2 Å². The van der Waals surface area contributed by atoms with Crippen LogP contribution in [0, 0.1) is 5.92 Å². The van der Waals surface area contributed by atoms with E-state index in [0.717, 1.165) is 13.1 Å². The molecule has 2 rings (SSSR count). The summed E-state index contributed by atoms with van der Waals surface area (Å²) >= 11 is 11.8.